The van der Waals surface area contributed by atoms with E-state index in [9.17, 15) is 49.8 Å². The van der Waals surface area contributed by atoms with Gasteiger partial charge in [-0.3, -0.25) is 14.4 Å². The van der Waals surface area contributed by atoms with Crippen molar-refractivity contribution in [1.82, 2.24) is 107 Å². The molecule has 0 atom stereocenters. The van der Waals surface area contributed by atoms with Gasteiger partial charge in [-0.1, -0.05) is 159 Å². The second kappa shape index (κ2) is 47.8. The number of nitrogens with one attached hydrogen (secondary N) is 4. The first-order valence-electron chi connectivity index (χ1n) is 35.3. The van der Waals surface area contributed by atoms with E-state index in [-0.39, 0.29) is 116 Å². The van der Waals surface area contributed by atoms with Crippen LogP contribution in [0, 0.1) is 34.0 Å². The van der Waals surface area contributed by atoms with Crippen molar-refractivity contribution in [1.29, 1.82) is 15.8 Å². The number of aromatic nitrogens is 21. The van der Waals surface area contributed by atoms with E-state index in [4.69, 9.17) is 50.1 Å². The second-order valence-electron chi connectivity index (χ2n) is 24.3. The summed E-state index contributed by atoms with van der Waals surface area (Å²) in [6.07, 6.45) is 9.26. The molecule has 0 amide bonds. The zero-order valence-corrected chi connectivity index (χ0v) is 73.4. The number of aliphatic carboxylic acids is 1. The van der Waals surface area contributed by atoms with Crippen molar-refractivity contribution in [3.63, 3.8) is 0 Å². The van der Waals surface area contributed by atoms with Crippen molar-refractivity contribution in [2.45, 2.75) is 45.7 Å². The van der Waals surface area contributed by atoms with Gasteiger partial charge in [0, 0.05) is 58.5 Å². The number of carbonyl (C=O) groups is 4. The van der Waals surface area contributed by atoms with Crippen molar-refractivity contribution in [2.24, 2.45) is 0 Å². The lowest BCUT2D eigenvalue weighted by atomic mass is 10.0. The molecule has 3 aliphatic rings. The molecule has 638 valence electrons. The van der Waals surface area contributed by atoms with Gasteiger partial charge >= 0.3 is 5.97 Å². The Kier molecular flexibility index (Phi) is 35.9. The number of rotatable bonds is 17. The molecule has 0 saturated carbocycles. The number of ether oxygens (including phenoxy) is 4. The summed E-state index contributed by atoms with van der Waals surface area (Å²) in [5, 5.41) is 164. The zero-order valence-electron chi connectivity index (χ0n) is 63.9. The number of nitriles is 3. The number of aliphatic hydroxyl groups is 3. The SMILES string of the molecule is N#Cc1nc(Br)cc(Br)c1O.N#Cc1nc(Br)cc(OCc2ccccc2)c1O.N#Cc1nccc(OCc2ccccc2)c1O.O=C(O)C1=C(O)C(=O)C=C(Br)C1.O=C1C=C(Br)CC(c2nn[nH]n2)=C1O.O=C1C=CCC(c2nn[nH]n2)=C1O.Oc1c(OCc2ccccc2)cc(Br)nc1-c1nn[nH]n1.Oc1c(OCc2ccccc2)ccnc1-c1nn[nH]n1. The van der Waals surface area contributed by atoms with E-state index in [0.717, 1.165) is 28.3 Å². The fourth-order valence-electron chi connectivity index (χ4n) is 9.87. The Bertz CT molecular complexity index is 6290. The number of carboxylic acid groups (broad SMARTS) is 1. The van der Waals surface area contributed by atoms with Gasteiger partial charge in [0.25, 0.3) is 0 Å². The van der Waals surface area contributed by atoms with Crippen LogP contribution in [0.1, 0.15) is 70.2 Å². The highest BCUT2D eigenvalue weighted by atomic mass is 79.9. The number of benzene rings is 4. The van der Waals surface area contributed by atoms with Crippen LogP contribution in [0.2, 0.25) is 0 Å². The molecule has 3 aliphatic carbocycles. The van der Waals surface area contributed by atoms with E-state index in [1.807, 2.05) is 121 Å². The summed E-state index contributed by atoms with van der Waals surface area (Å²) in [5.74, 6) is -2.93. The molecule has 47 heteroatoms. The molecule has 9 heterocycles. The predicted octanol–water partition coefficient (Wildman–Crippen LogP) is 13.1. The summed E-state index contributed by atoms with van der Waals surface area (Å²) in [6.45, 7) is 1.33. The van der Waals surface area contributed by atoms with E-state index in [1.165, 1.54) is 36.7 Å². The van der Waals surface area contributed by atoms with Crippen molar-refractivity contribution in [2.75, 3.05) is 0 Å². The van der Waals surface area contributed by atoms with Crippen LogP contribution >= 0.6 is 95.6 Å². The minimum Gasteiger partial charge on any atom is -0.504 e. The maximum absolute atomic E-state index is 11.2. The molecule has 0 fully saturated rings. The molecule has 0 radical (unpaired) electrons. The smallest absolute Gasteiger partial charge is 0.335 e. The lowest BCUT2D eigenvalue weighted by molar-refractivity contribution is -0.133. The molecule has 41 nitrogen and oxygen atoms in total. The molecule has 0 saturated heterocycles. The number of nitrogens with zero attached hydrogens (tertiary/aromatic N) is 20. The molecule has 16 rings (SSSR count). The van der Waals surface area contributed by atoms with Gasteiger partial charge in [0.1, 0.15) is 58.4 Å². The Labute approximate surface area is 759 Å². The molecular weight excluding hydrogens is 2040 g/mol. The van der Waals surface area contributed by atoms with Crippen molar-refractivity contribution >= 4 is 130 Å². The number of halogens is 6. The van der Waals surface area contributed by atoms with E-state index < -0.39 is 29.1 Å². The molecule has 0 bridgehead atoms. The Morgan fingerprint density at radius 3 is 1.24 bits per heavy atom. The van der Waals surface area contributed by atoms with Crippen LogP contribution in [0.4, 0.5) is 0 Å². The lowest BCUT2D eigenvalue weighted by Crippen LogP contribution is -2.14. The molecular formula is C79H58Br6N24O17. The number of pyridine rings is 5. The summed E-state index contributed by atoms with van der Waals surface area (Å²) in [6, 6.07) is 51.6. The highest BCUT2D eigenvalue weighted by Gasteiger charge is 2.27. The second-order valence-corrected chi connectivity index (χ2v) is 29.6. The molecule has 9 aromatic heterocycles. The van der Waals surface area contributed by atoms with E-state index in [1.54, 1.807) is 42.5 Å². The normalized spacial score (nSPS) is 12.2. The molecule has 0 spiro atoms. The van der Waals surface area contributed by atoms with Gasteiger partial charge in [-0.25, -0.2) is 29.7 Å². The van der Waals surface area contributed by atoms with E-state index in [2.05, 4.69) is 203 Å². The van der Waals surface area contributed by atoms with Crippen molar-refractivity contribution < 1.29 is 84.1 Å². The monoisotopic (exact) mass is 2090 g/mol. The first kappa shape index (κ1) is 94.6. The average molecular weight is 2090 g/mol. The maximum atomic E-state index is 11.2. The summed E-state index contributed by atoms with van der Waals surface area (Å²) in [4.78, 5) is 62.9. The quantitative estimate of drug-likeness (QED) is 0.0377. The van der Waals surface area contributed by atoms with Crippen LogP contribution in [-0.2, 0) is 45.6 Å². The molecule has 4 aromatic carbocycles. The molecule has 0 aliphatic heterocycles. The van der Waals surface area contributed by atoms with Crippen LogP contribution in [0.25, 0.3) is 34.2 Å². The summed E-state index contributed by atoms with van der Waals surface area (Å²) in [5.41, 5.74) is 4.80. The maximum Gasteiger partial charge on any atom is 0.335 e. The van der Waals surface area contributed by atoms with Gasteiger partial charge in [-0.2, -0.15) is 36.6 Å². The number of hydrogen-bond donors (Lipinski definition) is 13. The van der Waals surface area contributed by atoms with Crippen LogP contribution < -0.4 is 18.9 Å². The topological polar surface area (TPSA) is 641 Å². The lowest BCUT2D eigenvalue weighted by Gasteiger charge is -2.10. The van der Waals surface area contributed by atoms with Gasteiger partial charge in [-0.05, 0) is 138 Å². The number of carboxylic acids is 1. The number of ketones is 3. The van der Waals surface area contributed by atoms with Crippen LogP contribution in [0.3, 0.4) is 0 Å². The third-order valence-electron chi connectivity index (χ3n) is 15.8. The number of tetrazole rings is 4. The van der Waals surface area contributed by atoms with Gasteiger partial charge in [0.15, 0.2) is 97.5 Å². The summed E-state index contributed by atoms with van der Waals surface area (Å²) in [7, 11) is 0. The summed E-state index contributed by atoms with van der Waals surface area (Å²) >= 11 is 18.8. The number of aromatic amines is 4. The molecule has 126 heavy (non-hydrogen) atoms. The standard InChI is InChI=1S/C13H10BrN5O2.C13H9BrN2O2.C13H11N5O2.C13H10N2O2.C7H5BrN4O2.C7H5BrO4.C7H6N4O2.C6H2Br2N2O/c14-10-6-9(21-7-8-4-2-1-3-5-8)12(20)11(15-10)13-16-18-19-17-13;14-12-6-11(13(17)10(7-15)16-12)18-8-9-4-2-1-3-5-9;19-12-10(20-8-9-4-2-1-3-5-9)6-7-14-11(12)13-15-17-18-16-13;14-8-11-13(16)12(6-7-15-11)17-9-10-4-2-1-3-5-10;8-3-1-4(6(14)5(13)2-3)7-9-11-12-10-7;8-3-1-4(7(11)12)6(10)5(9)2-3;12-5-3-1-2-4(6(5)13)7-8-10-11-9-7;7-3-1-5(8)10-4(2-9)6(3)11/h1-6,20H,7H2,(H,16,17,18,19);1-6,17H,8H2;1-7,19H,8H2,(H,15,16,17,18);1-7,16H,9H2;2,14H,1H2,(H,9,10,11,12);2,10H,1H2,(H,11,12);1,3,13H,2H2,(H,8,9,10,11);1,11H. The number of hydrogen-bond acceptors (Lipinski definition) is 36. The first-order valence-corrected chi connectivity index (χ1v) is 40.0. The summed E-state index contributed by atoms with van der Waals surface area (Å²) < 4.78 is 25.2. The Morgan fingerprint density at radius 1 is 0.405 bits per heavy atom. The third-order valence-corrected chi connectivity index (χ3v) is 18.7. The van der Waals surface area contributed by atoms with Gasteiger partial charge in [-0.15, -0.1) is 40.8 Å². The highest BCUT2D eigenvalue weighted by molar-refractivity contribution is 9.12. The number of carbonyl (C=O) groups excluding carboxylic acids is 3. The van der Waals surface area contributed by atoms with Crippen LogP contribution in [0.15, 0.2) is 238 Å². The van der Waals surface area contributed by atoms with Crippen molar-refractivity contribution in [3.8, 4) is 93.0 Å². The van der Waals surface area contributed by atoms with E-state index in [0.29, 0.717) is 89.2 Å². The highest BCUT2D eigenvalue weighted by Crippen LogP contribution is 2.39. The van der Waals surface area contributed by atoms with E-state index >= 15 is 0 Å². The van der Waals surface area contributed by atoms with Gasteiger partial charge in [0.05, 0.1) is 21.2 Å². The third kappa shape index (κ3) is 27.9. The minimum atomic E-state index is -1.27. The first-order chi connectivity index (χ1) is 60.7. The molecule has 13 N–H and O–H groups in total. The fourth-order valence-corrected chi connectivity index (χ4v) is 12.7. The fraction of sp³-hybridized carbons (Fsp3) is 0.0886. The number of aromatic hydroxyl groups is 5. The van der Waals surface area contributed by atoms with Gasteiger partial charge in [0.2, 0.25) is 40.6 Å². The minimum absolute atomic E-state index is 0.00579. The predicted molar refractivity (Wildman–Crippen MR) is 461 cm³/mol. The molecule has 13 aromatic rings. The number of aliphatic hydroxyl groups excluding tert-OH is 3. The van der Waals surface area contributed by atoms with Crippen LogP contribution in [-0.4, -0.2) is 177 Å². The largest absolute Gasteiger partial charge is 0.504 e. The average Bonchev–Trinajstić information content (AvgIpc) is 1.54. The number of H-pyrrole nitrogens is 4. The van der Waals surface area contributed by atoms with Crippen molar-refractivity contribution in [3.05, 3.63) is 289 Å². The number of allylic oxidation sites excluding steroid dienone is 8. The molecule has 0 unspecified atom stereocenters. The van der Waals surface area contributed by atoms with Gasteiger partial charge < -0.3 is 64.9 Å². The Balaban J connectivity index is 0.000000164. The van der Waals surface area contributed by atoms with Crippen LogP contribution in [0.5, 0.6) is 51.7 Å². The Morgan fingerprint density at radius 2 is 0.778 bits per heavy atom. The Hall–Kier alpha value is -15.2. The zero-order chi connectivity index (χ0) is 90.6.